The molecule has 2 aromatic rings. The zero-order valence-corrected chi connectivity index (χ0v) is 15.2. The number of nitrogens with zero attached hydrogens (tertiary/aromatic N) is 2. The van der Waals surface area contributed by atoms with Crippen LogP contribution in [0.1, 0.15) is 17.7 Å². The molecule has 0 atom stereocenters. The van der Waals surface area contributed by atoms with E-state index in [0.29, 0.717) is 11.8 Å². The van der Waals surface area contributed by atoms with Crippen LogP contribution in [0, 0.1) is 5.92 Å². The summed E-state index contributed by atoms with van der Waals surface area (Å²) >= 11 is 7.92. The molecule has 24 heavy (non-hydrogen) atoms. The Morgan fingerprint density at radius 3 is 2.62 bits per heavy atom. The summed E-state index contributed by atoms with van der Waals surface area (Å²) in [6.45, 7) is 4.67. The van der Waals surface area contributed by atoms with Gasteiger partial charge in [-0.3, -0.25) is 9.69 Å². The molecule has 3 nitrogen and oxygen atoms in total. The van der Waals surface area contributed by atoms with Crippen LogP contribution >= 0.6 is 22.9 Å². The van der Waals surface area contributed by atoms with E-state index in [9.17, 15) is 4.79 Å². The van der Waals surface area contributed by atoms with Gasteiger partial charge in [0.1, 0.15) is 0 Å². The van der Waals surface area contributed by atoms with Gasteiger partial charge in [-0.15, -0.1) is 11.3 Å². The van der Waals surface area contributed by atoms with Gasteiger partial charge in [-0.05, 0) is 42.7 Å². The molecule has 1 aromatic heterocycles. The first-order valence-corrected chi connectivity index (χ1v) is 9.74. The Hall–Kier alpha value is -1.36. The summed E-state index contributed by atoms with van der Waals surface area (Å²) in [5.41, 5.74) is 1.18. The molecule has 2 aliphatic rings. The van der Waals surface area contributed by atoms with Gasteiger partial charge in [-0.1, -0.05) is 23.7 Å². The summed E-state index contributed by atoms with van der Waals surface area (Å²) in [4.78, 5) is 19.2. The molecule has 1 saturated heterocycles. The third kappa shape index (κ3) is 3.66. The van der Waals surface area contributed by atoms with Crippen molar-refractivity contribution in [2.24, 2.45) is 5.92 Å². The molecular formula is C19H21ClN2OS. The lowest BCUT2D eigenvalue weighted by Gasteiger charge is -2.34. The first-order chi connectivity index (χ1) is 11.7. The lowest BCUT2D eigenvalue weighted by Crippen LogP contribution is -2.48. The minimum Gasteiger partial charge on any atom is -0.340 e. The second kappa shape index (κ2) is 6.87. The maximum absolute atomic E-state index is 12.1. The number of amides is 1. The molecule has 0 spiro atoms. The van der Waals surface area contributed by atoms with E-state index in [4.69, 9.17) is 11.6 Å². The van der Waals surface area contributed by atoms with Gasteiger partial charge in [-0.25, -0.2) is 0 Å². The van der Waals surface area contributed by atoms with Gasteiger partial charge >= 0.3 is 0 Å². The molecule has 4 rings (SSSR count). The van der Waals surface area contributed by atoms with Crippen LogP contribution in [0.25, 0.3) is 10.4 Å². The van der Waals surface area contributed by atoms with Gasteiger partial charge < -0.3 is 4.90 Å². The zero-order valence-electron chi connectivity index (χ0n) is 13.6. The van der Waals surface area contributed by atoms with E-state index in [-0.39, 0.29) is 0 Å². The lowest BCUT2D eigenvalue weighted by molar-refractivity contribution is -0.134. The fourth-order valence-electron chi connectivity index (χ4n) is 3.20. The Morgan fingerprint density at radius 2 is 1.92 bits per heavy atom. The molecule has 1 aliphatic heterocycles. The van der Waals surface area contributed by atoms with E-state index in [1.54, 1.807) is 0 Å². The topological polar surface area (TPSA) is 23.6 Å². The van der Waals surface area contributed by atoms with Gasteiger partial charge in [0.15, 0.2) is 0 Å². The molecule has 1 amide bonds. The van der Waals surface area contributed by atoms with Gasteiger partial charge in [0.25, 0.3) is 0 Å². The summed E-state index contributed by atoms with van der Waals surface area (Å²) < 4.78 is 0. The number of halogens is 1. The maximum atomic E-state index is 12.1. The fraction of sp³-hybridized carbons (Fsp3) is 0.421. The van der Waals surface area contributed by atoms with Crippen LogP contribution in [0.5, 0.6) is 0 Å². The Balaban J connectivity index is 1.34. The van der Waals surface area contributed by atoms with Crippen LogP contribution in [0.15, 0.2) is 36.4 Å². The largest absolute Gasteiger partial charge is 0.340 e. The van der Waals surface area contributed by atoms with Crippen molar-refractivity contribution in [1.82, 2.24) is 9.80 Å². The van der Waals surface area contributed by atoms with Crippen molar-refractivity contribution >= 4 is 28.8 Å². The summed E-state index contributed by atoms with van der Waals surface area (Å²) in [5.74, 6) is 0.725. The van der Waals surface area contributed by atoms with Crippen LogP contribution in [-0.4, -0.2) is 41.9 Å². The third-order valence-electron chi connectivity index (χ3n) is 4.76. The van der Waals surface area contributed by atoms with Gasteiger partial charge in [0.05, 0.1) is 0 Å². The second-order valence-corrected chi connectivity index (χ2v) is 8.26. The van der Waals surface area contributed by atoms with E-state index < -0.39 is 0 Å². The van der Waals surface area contributed by atoms with Crippen molar-refractivity contribution < 1.29 is 4.79 Å². The smallest absolute Gasteiger partial charge is 0.225 e. The second-order valence-electron chi connectivity index (χ2n) is 6.65. The van der Waals surface area contributed by atoms with Gasteiger partial charge in [0, 0.05) is 53.4 Å². The average molecular weight is 361 g/mol. The van der Waals surface area contributed by atoms with E-state index in [1.807, 2.05) is 29.5 Å². The quantitative estimate of drug-likeness (QED) is 0.818. The van der Waals surface area contributed by atoms with Crippen LogP contribution < -0.4 is 0 Å². The molecule has 1 saturated carbocycles. The summed E-state index contributed by atoms with van der Waals surface area (Å²) in [5, 5.41) is 0.777. The Kier molecular flexibility index (Phi) is 4.61. The minimum absolute atomic E-state index is 0.342. The standard InChI is InChI=1S/C19H21ClN2OS/c20-16-3-1-2-15(12-16)18-7-6-17(24-18)13-21-8-10-22(11-9-21)19(23)14-4-5-14/h1-3,6-7,12,14H,4-5,8-11,13H2. The fourth-order valence-corrected chi connectivity index (χ4v) is 4.43. The van der Waals surface area contributed by atoms with E-state index in [1.165, 1.54) is 15.3 Å². The number of hydrogen-bond acceptors (Lipinski definition) is 3. The highest BCUT2D eigenvalue weighted by Gasteiger charge is 2.34. The molecule has 1 aliphatic carbocycles. The SMILES string of the molecule is O=C(C1CC1)N1CCN(Cc2ccc(-c3cccc(Cl)c3)s2)CC1. The zero-order chi connectivity index (χ0) is 16.5. The normalized spacial score (nSPS) is 18.8. The predicted molar refractivity (Wildman–Crippen MR) is 99.3 cm³/mol. The van der Waals surface area contributed by atoms with E-state index in [2.05, 4.69) is 28.0 Å². The highest BCUT2D eigenvalue weighted by molar-refractivity contribution is 7.15. The van der Waals surface area contributed by atoms with E-state index >= 15 is 0 Å². The van der Waals surface area contributed by atoms with Crippen molar-refractivity contribution in [3.05, 3.63) is 46.3 Å². The molecule has 1 aromatic carbocycles. The summed E-state index contributed by atoms with van der Waals surface area (Å²) in [7, 11) is 0. The molecule has 5 heteroatoms. The number of carbonyl (C=O) groups excluding carboxylic acids is 1. The van der Waals surface area contributed by atoms with Crippen molar-refractivity contribution in [3.63, 3.8) is 0 Å². The van der Waals surface area contributed by atoms with Crippen LogP contribution in [0.3, 0.4) is 0 Å². The highest BCUT2D eigenvalue weighted by Crippen LogP contribution is 2.32. The molecule has 126 valence electrons. The number of carbonyl (C=O) groups is 1. The van der Waals surface area contributed by atoms with Crippen molar-refractivity contribution in [3.8, 4) is 10.4 Å². The van der Waals surface area contributed by atoms with E-state index in [0.717, 1.165) is 50.6 Å². The lowest BCUT2D eigenvalue weighted by atomic mass is 10.2. The molecule has 2 heterocycles. The Morgan fingerprint density at radius 1 is 1.12 bits per heavy atom. The number of thiophene rings is 1. The average Bonchev–Trinajstić information content (AvgIpc) is 3.34. The summed E-state index contributed by atoms with van der Waals surface area (Å²) in [6, 6.07) is 12.4. The molecular weight excluding hydrogens is 340 g/mol. The predicted octanol–water partition coefficient (Wildman–Crippen LogP) is 4.12. The van der Waals surface area contributed by atoms with Crippen LogP contribution in [0.4, 0.5) is 0 Å². The van der Waals surface area contributed by atoms with Crippen LogP contribution in [-0.2, 0) is 11.3 Å². The maximum Gasteiger partial charge on any atom is 0.225 e. The highest BCUT2D eigenvalue weighted by atomic mass is 35.5. The third-order valence-corrected chi connectivity index (χ3v) is 6.11. The monoisotopic (exact) mass is 360 g/mol. The van der Waals surface area contributed by atoms with Crippen molar-refractivity contribution in [2.75, 3.05) is 26.2 Å². The summed E-state index contributed by atoms with van der Waals surface area (Å²) in [6.07, 6.45) is 2.20. The van der Waals surface area contributed by atoms with Crippen molar-refractivity contribution in [2.45, 2.75) is 19.4 Å². The molecule has 0 unspecified atom stereocenters. The van der Waals surface area contributed by atoms with Crippen LogP contribution in [0.2, 0.25) is 5.02 Å². The molecule has 2 fully saturated rings. The molecule has 0 N–H and O–H groups in total. The van der Waals surface area contributed by atoms with Crippen molar-refractivity contribution in [1.29, 1.82) is 0 Å². The minimum atomic E-state index is 0.342. The van der Waals surface area contributed by atoms with Gasteiger partial charge in [0.2, 0.25) is 5.91 Å². The number of hydrogen-bond donors (Lipinski definition) is 0. The van der Waals surface area contributed by atoms with Gasteiger partial charge in [-0.2, -0.15) is 0 Å². The molecule has 0 bridgehead atoms. The Bertz CT molecular complexity index is 732. The molecule has 0 radical (unpaired) electrons. The first kappa shape index (κ1) is 16.1. The number of piperazine rings is 1. The number of rotatable bonds is 4. The Labute approximate surface area is 151 Å². The first-order valence-electron chi connectivity index (χ1n) is 8.55. The number of benzene rings is 1.